The molecule has 1 saturated heterocycles. The molecule has 0 saturated carbocycles. The van der Waals surface area contributed by atoms with E-state index >= 15 is 0 Å². The van der Waals surface area contributed by atoms with Crippen molar-refractivity contribution in [3.63, 3.8) is 0 Å². The predicted molar refractivity (Wildman–Crippen MR) is 103 cm³/mol. The Morgan fingerprint density at radius 1 is 1.12 bits per heavy atom. The number of carbonyl (C=O) groups is 1. The minimum Gasteiger partial charge on any atom is -0.455 e. The first-order valence-corrected chi connectivity index (χ1v) is 9.17. The van der Waals surface area contributed by atoms with Gasteiger partial charge in [0, 0.05) is 30.9 Å². The van der Waals surface area contributed by atoms with Crippen LogP contribution in [0.5, 0.6) is 11.5 Å². The summed E-state index contributed by atoms with van der Waals surface area (Å²) in [6.07, 6.45) is 3.52. The van der Waals surface area contributed by atoms with Crippen molar-refractivity contribution in [1.82, 2.24) is 15.2 Å². The van der Waals surface area contributed by atoms with Crippen LogP contribution in [-0.2, 0) is 0 Å². The van der Waals surface area contributed by atoms with Crippen LogP contribution < -0.4 is 10.1 Å². The van der Waals surface area contributed by atoms with E-state index in [1.54, 1.807) is 18.3 Å². The monoisotopic (exact) mass is 353 g/mol. The van der Waals surface area contributed by atoms with Crippen LogP contribution in [0.15, 0.2) is 48.7 Å². The molecule has 1 N–H and O–H groups in total. The highest BCUT2D eigenvalue weighted by atomic mass is 16.5. The first-order chi connectivity index (χ1) is 12.4. The highest BCUT2D eigenvalue weighted by Crippen LogP contribution is 2.24. The molecule has 26 heavy (non-hydrogen) atoms. The van der Waals surface area contributed by atoms with E-state index < -0.39 is 0 Å². The van der Waals surface area contributed by atoms with Gasteiger partial charge < -0.3 is 10.1 Å². The number of hydrogen-bond donors (Lipinski definition) is 1. The lowest BCUT2D eigenvalue weighted by molar-refractivity contribution is 0.0807. The van der Waals surface area contributed by atoms with Crippen LogP contribution in [0.4, 0.5) is 0 Å². The smallest absolute Gasteiger partial charge is 0.273 e. The van der Waals surface area contributed by atoms with E-state index in [1.807, 2.05) is 30.3 Å². The Labute approximate surface area is 155 Å². The zero-order valence-corrected chi connectivity index (χ0v) is 15.7. The molecule has 1 aliphatic heterocycles. The van der Waals surface area contributed by atoms with Crippen LogP contribution in [0.2, 0.25) is 0 Å². The second-order valence-electron chi connectivity index (χ2n) is 7.67. The lowest BCUT2D eigenvalue weighted by atomic mass is 9.98. The maximum Gasteiger partial charge on any atom is 0.273 e. The van der Waals surface area contributed by atoms with E-state index in [4.69, 9.17) is 4.74 Å². The molecule has 0 atom stereocenters. The normalized spacial score (nSPS) is 16.3. The average molecular weight is 353 g/mol. The highest BCUT2D eigenvalue weighted by Gasteiger charge is 2.28. The standard InChI is InChI=1S/C21H27N3O2/c1-21(2,3)24-14-11-16(12-15-24)23-20(25)19-18(10-7-13-22-19)26-17-8-5-4-6-9-17/h4-10,13,16H,11-12,14-15H2,1-3H3,(H,23,25). The third-order valence-electron chi connectivity index (χ3n) is 4.74. The molecule has 2 aromatic rings. The van der Waals surface area contributed by atoms with Gasteiger partial charge in [-0.15, -0.1) is 0 Å². The number of aromatic nitrogens is 1. The minimum absolute atomic E-state index is 0.173. The maximum atomic E-state index is 12.7. The van der Waals surface area contributed by atoms with Gasteiger partial charge in [0.1, 0.15) is 5.75 Å². The molecule has 1 fully saturated rings. The molecule has 0 unspecified atom stereocenters. The van der Waals surface area contributed by atoms with Gasteiger partial charge in [0.2, 0.25) is 0 Å². The third-order valence-corrected chi connectivity index (χ3v) is 4.74. The van der Waals surface area contributed by atoms with Gasteiger partial charge in [-0.05, 0) is 57.9 Å². The van der Waals surface area contributed by atoms with Crippen LogP contribution in [0.3, 0.4) is 0 Å². The molecular formula is C21H27N3O2. The number of carbonyl (C=O) groups excluding carboxylic acids is 1. The molecule has 0 aliphatic carbocycles. The Morgan fingerprint density at radius 3 is 2.46 bits per heavy atom. The summed E-state index contributed by atoms with van der Waals surface area (Å²) in [6.45, 7) is 8.67. The van der Waals surface area contributed by atoms with Gasteiger partial charge >= 0.3 is 0 Å². The lowest BCUT2D eigenvalue weighted by Gasteiger charge is -2.41. The van der Waals surface area contributed by atoms with Gasteiger partial charge in [0.15, 0.2) is 11.4 Å². The van der Waals surface area contributed by atoms with Crippen molar-refractivity contribution in [1.29, 1.82) is 0 Å². The van der Waals surface area contributed by atoms with Crippen molar-refractivity contribution in [3.8, 4) is 11.5 Å². The Hall–Kier alpha value is -2.40. The van der Waals surface area contributed by atoms with Crippen molar-refractivity contribution in [3.05, 3.63) is 54.4 Å². The molecule has 1 amide bonds. The quantitative estimate of drug-likeness (QED) is 0.907. The number of ether oxygens (including phenoxy) is 1. The number of para-hydroxylation sites is 1. The van der Waals surface area contributed by atoms with Gasteiger partial charge in [0.05, 0.1) is 0 Å². The zero-order chi connectivity index (χ0) is 18.6. The number of benzene rings is 1. The number of amides is 1. The van der Waals surface area contributed by atoms with Crippen molar-refractivity contribution >= 4 is 5.91 Å². The fourth-order valence-corrected chi connectivity index (χ4v) is 3.21. The molecule has 0 spiro atoms. The highest BCUT2D eigenvalue weighted by molar-refractivity contribution is 5.95. The molecule has 1 aromatic carbocycles. The number of piperidine rings is 1. The van der Waals surface area contributed by atoms with E-state index in [0.29, 0.717) is 17.2 Å². The number of nitrogens with one attached hydrogen (secondary N) is 1. The van der Waals surface area contributed by atoms with Gasteiger partial charge in [0.25, 0.3) is 5.91 Å². The van der Waals surface area contributed by atoms with Crippen molar-refractivity contribution in [2.45, 2.75) is 45.2 Å². The minimum atomic E-state index is -0.175. The summed E-state index contributed by atoms with van der Waals surface area (Å²) in [5.41, 5.74) is 0.502. The lowest BCUT2D eigenvalue weighted by Crippen LogP contribution is -2.50. The SMILES string of the molecule is CC(C)(C)N1CCC(NC(=O)c2ncccc2Oc2ccccc2)CC1. The fourth-order valence-electron chi connectivity index (χ4n) is 3.21. The van der Waals surface area contributed by atoms with E-state index in [9.17, 15) is 4.79 Å². The number of likely N-dealkylation sites (tertiary alicyclic amines) is 1. The molecule has 138 valence electrons. The average Bonchev–Trinajstić information content (AvgIpc) is 2.63. The zero-order valence-electron chi connectivity index (χ0n) is 15.7. The van der Waals surface area contributed by atoms with E-state index in [-0.39, 0.29) is 17.5 Å². The molecule has 1 aromatic heterocycles. The summed E-state index contributed by atoms with van der Waals surface area (Å²) in [6, 6.07) is 13.2. The summed E-state index contributed by atoms with van der Waals surface area (Å²) >= 11 is 0. The first kappa shape index (κ1) is 18.4. The molecule has 2 heterocycles. The van der Waals surface area contributed by atoms with Crippen LogP contribution in [-0.4, -0.2) is 40.5 Å². The summed E-state index contributed by atoms with van der Waals surface area (Å²) in [5.74, 6) is 0.988. The third kappa shape index (κ3) is 4.61. The largest absolute Gasteiger partial charge is 0.455 e. The van der Waals surface area contributed by atoms with Crippen LogP contribution >= 0.6 is 0 Å². The van der Waals surface area contributed by atoms with Gasteiger partial charge in [-0.25, -0.2) is 4.98 Å². The second-order valence-corrected chi connectivity index (χ2v) is 7.67. The predicted octanol–water partition coefficient (Wildman–Crippen LogP) is 3.87. The molecule has 5 nitrogen and oxygen atoms in total. The molecule has 1 aliphatic rings. The number of rotatable bonds is 4. The van der Waals surface area contributed by atoms with Gasteiger partial charge in [-0.2, -0.15) is 0 Å². The van der Waals surface area contributed by atoms with Crippen molar-refractivity contribution < 1.29 is 9.53 Å². The van der Waals surface area contributed by atoms with Crippen molar-refractivity contribution in [2.24, 2.45) is 0 Å². The van der Waals surface area contributed by atoms with Crippen molar-refractivity contribution in [2.75, 3.05) is 13.1 Å². The molecule has 0 bridgehead atoms. The molecular weight excluding hydrogens is 326 g/mol. The number of hydrogen-bond acceptors (Lipinski definition) is 4. The van der Waals surface area contributed by atoms with Gasteiger partial charge in [-0.1, -0.05) is 18.2 Å². The number of nitrogens with zero attached hydrogens (tertiary/aromatic N) is 2. The molecule has 3 rings (SSSR count). The number of pyridine rings is 1. The Morgan fingerprint density at radius 2 is 1.81 bits per heavy atom. The first-order valence-electron chi connectivity index (χ1n) is 9.17. The van der Waals surface area contributed by atoms with Gasteiger partial charge in [-0.3, -0.25) is 9.69 Å². The van der Waals surface area contributed by atoms with Crippen LogP contribution in [0.1, 0.15) is 44.1 Å². The fraction of sp³-hybridized carbons (Fsp3) is 0.429. The topological polar surface area (TPSA) is 54.5 Å². The summed E-state index contributed by atoms with van der Waals surface area (Å²) in [5, 5.41) is 3.13. The maximum absolute atomic E-state index is 12.7. The van der Waals surface area contributed by atoms with Crippen LogP contribution in [0.25, 0.3) is 0 Å². The molecule has 5 heteroatoms. The second kappa shape index (κ2) is 7.87. The summed E-state index contributed by atoms with van der Waals surface area (Å²) < 4.78 is 5.85. The van der Waals surface area contributed by atoms with E-state index in [1.165, 1.54) is 0 Å². The summed E-state index contributed by atoms with van der Waals surface area (Å²) in [4.78, 5) is 19.4. The van der Waals surface area contributed by atoms with E-state index in [2.05, 4.69) is 36.0 Å². The Bertz CT molecular complexity index is 732. The Kier molecular flexibility index (Phi) is 5.57. The van der Waals surface area contributed by atoms with E-state index in [0.717, 1.165) is 25.9 Å². The molecule has 0 radical (unpaired) electrons. The van der Waals surface area contributed by atoms with Crippen LogP contribution in [0, 0.1) is 0 Å². The Balaban J connectivity index is 1.64. The summed E-state index contributed by atoms with van der Waals surface area (Å²) in [7, 11) is 0.